The van der Waals surface area contributed by atoms with Crippen LogP contribution in [0.25, 0.3) is 0 Å². The number of rotatable bonds is 6. The van der Waals surface area contributed by atoms with Crippen molar-refractivity contribution in [2.75, 3.05) is 6.54 Å². The van der Waals surface area contributed by atoms with Crippen molar-refractivity contribution in [3.8, 4) is 5.75 Å². The van der Waals surface area contributed by atoms with Crippen LogP contribution in [0.2, 0.25) is 0 Å². The van der Waals surface area contributed by atoms with E-state index in [9.17, 15) is 0 Å². The summed E-state index contributed by atoms with van der Waals surface area (Å²) in [6.45, 7) is 3.06. The summed E-state index contributed by atoms with van der Waals surface area (Å²) in [4.78, 5) is 1.29. The van der Waals surface area contributed by atoms with Crippen molar-refractivity contribution in [2.24, 2.45) is 0 Å². The first-order chi connectivity index (χ1) is 10.2. The maximum Gasteiger partial charge on any atom is 0.120 e. The molecule has 1 heterocycles. The Morgan fingerprint density at radius 2 is 2.14 bits per heavy atom. The van der Waals surface area contributed by atoms with Gasteiger partial charge in [0, 0.05) is 9.35 Å². The lowest BCUT2D eigenvalue weighted by molar-refractivity contribution is 0.302. The van der Waals surface area contributed by atoms with E-state index in [-0.39, 0.29) is 6.04 Å². The van der Waals surface area contributed by atoms with Crippen molar-refractivity contribution in [1.82, 2.24) is 5.32 Å². The van der Waals surface area contributed by atoms with Crippen LogP contribution in [0.5, 0.6) is 5.75 Å². The summed E-state index contributed by atoms with van der Waals surface area (Å²) >= 11 is 8.91. The Balaban J connectivity index is 1.88. The number of nitrogens with one attached hydrogen (secondary N) is 1. The van der Waals surface area contributed by atoms with Crippen LogP contribution < -0.4 is 10.1 Å². The molecule has 5 heteroatoms. The minimum atomic E-state index is 0.199. The minimum Gasteiger partial charge on any atom is -0.490 e. The predicted octanol–water partition coefficient (Wildman–Crippen LogP) is 5.51. The largest absolute Gasteiger partial charge is 0.490 e. The lowest BCUT2D eigenvalue weighted by atomic mass is 10.1. The van der Waals surface area contributed by atoms with Crippen LogP contribution in [0.3, 0.4) is 0 Å². The molecule has 0 amide bonds. The second-order valence-electron chi connectivity index (χ2n) is 5.15. The smallest absolute Gasteiger partial charge is 0.120 e. The van der Waals surface area contributed by atoms with Crippen LogP contribution in [-0.2, 0) is 0 Å². The topological polar surface area (TPSA) is 21.3 Å². The zero-order valence-corrected chi connectivity index (χ0v) is 15.7. The van der Waals surface area contributed by atoms with Gasteiger partial charge in [0.05, 0.1) is 15.9 Å². The van der Waals surface area contributed by atoms with Crippen molar-refractivity contribution in [3.63, 3.8) is 0 Å². The van der Waals surface area contributed by atoms with E-state index in [1.54, 1.807) is 11.3 Å². The molecule has 1 atom stereocenters. The highest BCUT2D eigenvalue weighted by molar-refractivity contribution is 9.13. The zero-order valence-electron chi connectivity index (χ0n) is 11.7. The summed E-state index contributed by atoms with van der Waals surface area (Å²) in [5.41, 5.74) is 1.25. The molecule has 1 aliphatic rings. The van der Waals surface area contributed by atoms with Gasteiger partial charge in [0.15, 0.2) is 0 Å². The summed E-state index contributed by atoms with van der Waals surface area (Å²) in [6.07, 6.45) is 2.81. The van der Waals surface area contributed by atoms with E-state index in [4.69, 9.17) is 4.74 Å². The van der Waals surface area contributed by atoms with Gasteiger partial charge in [0.2, 0.25) is 0 Å². The van der Waals surface area contributed by atoms with Crippen LogP contribution in [0.4, 0.5) is 0 Å². The normalized spacial score (nSPS) is 16.0. The molecule has 0 saturated heterocycles. The number of ether oxygens (including phenoxy) is 1. The Bertz CT molecular complexity index is 605. The molecule has 1 unspecified atom stereocenters. The molecule has 2 nitrogen and oxygen atoms in total. The van der Waals surface area contributed by atoms with Gasteiger partial charge in [-0.25, -0.2) is 0 Å². The number of benzene rings is 1. The highest BCUT2D eigenvalue weighted by Gasteiger charge is 2.24. The third-order valence-corrected chi connectivity index (χ3v) is 6.70. The quantitative estimate of drug-likeness (QED) is 0.651. The van der Waals surface area contributed by atoms with Crippen LogP contribution >= 0.6 is 43.2 Å². The SMILES string of the molecule is CCNC(c1cccc(OC2CC2)c1)c1cc(Br)c(Br)s1. The van der Waals surface area contributed by atoms with Gasteiger partial charge in [-0.1, -0.05) is 19.1 Å². The van der Waals surface area contributed by atoms with E-state index in [0.29, 0.717) is 6.10 Å². The molecule has 1 fully saturated rings. The summed E-state index contributed by atoms with van der Waals surface area (Å²) in [6, 6.07) is 10.8. The van der Waals surface area contributed by atoms with E-state index in [1.165, 1.54) is 23.3 Å². The van der Waals surface area contributed by atoms with Crippen molar-refractivity contribution >= 4 is 43.2 Å². The molecular formula is C16H17Br2NOS. The summed E-state index contributed by atoms with van der Waals surface area (Å²) in [7, 11) is 0. The van der Waals surface area contributed by atoms with Gasteiger partial charge in [0.1, 0.15) is 5.75 Å². The molecule has 0 radical (unpaired) electrons. The molecule has 0 spiro atoms. The highest BCUT2D eigenvalue weighted by Crippen LogP contribution is 2.38. The lowest BCUT2D eigenvalue weighted by Crippen LogP contribution is -2.21. The Labute approximate surface area is 146 Å². The molecule has 2 aromatic rings. The lowest BCUT2D eigenvalue weighted by Gasteiger charge is -2.18. The highest BCUT2D eigenvalue weighted by atomic mass is 79.9. The van der Waals surface area contributed by atoms with Crippen LogP contribution in [0.15, 0.2) is 38.6 Å². The fourth-order valence-electron chi connectivity index (χ4n) is 2.24. The van der Waals surface area contributed by atoms with Gasteiger partial charge < -0.3 is 10.1 Å². The average Bonchev–Trinajstić information content (AvgIpc) is 3.22. The molecular weight excluding hydrogens is 414 g/mol. The van der Waals surface area contributed by atoms with E-state index >= 15 is 0 Å². The Morgan fingerprint density at radius 3 is 2.76 bits per heavy atom. The number of hydrogen-bond donors (Lipinski definition) is 1. The maximum absolute atomic E-state index is 5.92. The van der Waals surface area contributed by atoms with Crippen LogP contribution in [0, 0.1) is 0 Å². The second kappa shape index (κ2) is 6.82. The molecule has 0 bridgehead atoms. The Morgan fingerprint density at radius 1 is 1.33 bits per heavy atom. The van der Waals surface area contributed by atoms with Gasteiger partial charge in [-0.05, 0) is 75.0 Å². The van der Waals surface area contributed by atoms with E-state index in [0.717, 1.165) is 20.6 Å². The van der Waals surface area contributed by atoms with E-state index < -0.39 is 0 Å². The second-order valence-corrected chi connectivity index (χ2v) is 8.41. The summed E-state index contributed by atoms with van der Waals surface area (Å²) in [5.74, 6) is 0.979. The third kappa shape index (κ3) is 3.89. The number of halogens is 2. The first-order valence-corrected chi connectivity index (χ1v) is 9.52. The zero-order chi connectivity index (χ0) is 14.8. The molecule has 1 saturated carbocycles. The minimum absolute atomic E-state index is 0.199. The molecule has 112 valence electrons. The van der Waals surface area contributed by atoms with Crippen molar-refractivity contribution in [1.29, 1.82) is 0 Å². The van der Waals surface area contributed by atoms with Gasteiger partial charge in [-0.2, -0.15) is 0 Å². The van der Waals surface area contributed by atoms with Crippen molar-refractivity contribution in [2.45, 2.75) is 31.9 Å². The monoisotopic (exact) mass is 429 g/mol. The van der Waals surface area contributed by atoms with E-state index in [2.05, 4.69) is 68.4 Å². The predicted molar refractivity (Wildman–Crippen MR) is 95.3 cm³/mol. The van der Waals surface area contributed by atoms with E-state index in [1.807, 2.05) is 6.07 Å². The molecule has 1 aromatic carbocycles. The molecule has 1 aromatic heterocycles. The fourth-order valence-corrected chi connectivity index (χ4v) is 4.43. The molecule has 1 aliphatic carbocycles. The number of hydrogen-bond acceptors (Lipinski definition) is 3. The maximum atomic E-state index is 5.92. The fraction of sp³-hybridized carbons (Fsp3) is 0.375. The van der Waals surface area contributed by atoms with Crippen molar-refractivity contribution in [3.05, 3.63) is 49.0 Å². The standard InChI is InChI=1S/C16H17Br2NOS/c1-2-19-15(14-9-13(17)16(18)21-14)10-4-3-5-12(8-10)20-11-6-7-11/h3-5,8-9,11,15,19H,2,6-7H2,1H3. The first-order valence-electron chi connectivity index (χ1n) is 7.12. The summed E-state index contributed by atoms with van der Waals surface area (Å²) in [5, 5.41) is 3.57. The van der Waals surface area contributed by atoms with Gasteiger partial charge in [-0.3, -0.25) is 0 Å². The molecule has 21 heavy (non-hydrogen) atoms. The summed E-state index contributed by atoms with van der Waals surface area (Å²) < 4.78 is 8.15. The van der Waals surface area contributed by atoms with Crippen LogP contribution in [-0.4, -0.2) is 12.6 Å². The Kier molecular flexibility index (Phi) is 5.04. The van der Waals surface area contributed by atoms with Gasteiger partial charge in [-0.15, -0.1) is 11.3 Å². The molecule has 1 N–H and O–H groups in total. The Hall–Kier alpha value is -0.360. The molecule has 0 aliphatic heterocycles. The van der Waals surface area contributed by atoms with Gasteiger partial charge in [0.25, 0.3) is 0 Å². The third-order valence-electron chi connectivity index (χ3n) is 3.38. The van der Waals surface area contributed by atoms with Crippen molar-refractivity contribution < 1.29 is 4.74 Å². The molecule has 3 rings (SSSR count). The van der Waals surface area contributed by atoms with Crippen LogP contribution in [0.1, 0.15) is 36.2 Å². The first kappa shape index (κ1) is 15.5. The average molecular weight is 431 g/mol. The van der Waals surface area contributed by atoms with Gasteiger partial charge >= 0.3 is 0 Å². The number of thiophene rings is 1.